The number of amides is 8. The Bertz CT molecular complexity index is 3250. The largest absolute Gasteiger partial charge is 0.508 e. The quantitative estimate of drug-likeness (QED) is 0.0295. The SMILES string of the molecule is C[C@H]1NC(=O)[C@@H](Cc2ccc(O)cc2)NC(=O)[C@@H](Cc2c[nH]c3ccccc23)NC(=O)[C@@H](NC(=O)COCCOCCOCCCC(=O)CCCC[C@H]2SC[C@H]3NC(=O)N[C@H]32)Cc2cn(nn2)CCCC[C@@H](C(N)=O)NC(=O)[C@@H](Cc2ccc(O)cc2)CC1=O. The Morgan fingerprint density at radius 1 is 0.711 bits per heavy atom. The van der Waals surface area contributed by atoms with Gasteiger partial charge in [0, 0.05) is 91.9 Å². The van der Waals surface area contributed by atoms with E-state index in [2.05, 4.69) is 52.5 Å². The number of thioether (sulfide) groups is 1. The fourth-order valence-electron chi connectivity index (χ4n) is 11.1. The molecule has 5 heterocycles. The van der Waals surface area contributed by atoms with Gasteiger partial charge in [-0.15, -0.1) is 5.10 Å². The highest BCUT2D eigenvalue weighted by molar-refractivity contribution is 8.00. The number of para-hydroxylation sites is 1. The van der Waals surface area contributed by atoms with E-state index in [-0.39, 0.29) is 93.9 Å². The summed E-state index contributed by atoms with van der Waals surface area (Å²) in [6.45, 7) is 2.33. The molecule has 2 saturated heterocycles. The second-order valence-corrected chi connectivity index (χ2v) is 24.3. The molecule has 3 aliphatic heterocycles. The molecule has 3 aliphatic rings. The molecule has 3 aromatic carbocycles. The number of nitrogens with two attached hydrogens (primary N) is 1. The second-order valence-electron chi connectivity index (χ2n) is 23.1. The van der Waals surface area contributed by atoms with Crippen LogP contribution in [0.1, 0.15) is 93.5 Å². The fraction of sp³-hybridized carbons (Fsp3) is 0.508. The van der Waals surface area contributed by atoms with Gasteiger partial charge in [-0.2, -0.15) is 11.8 Å². The van der Waals surface area contributed by atoms with Gasteiger partial charge >= 0.3 is 6.03 Å². The van der Waals surface area contributed by atoms with Crippen molar-refractivity contribution in [3.05, 3.63) is 108 Å². The van der Waals surface area contributed by atoms with Crippen LogP contribution in [0.15, 0.2) is 85.2 Å². The number of hydrogen-bond acceptors (Lipinski definition) is 17. The molecule has 9 atom stereocenters. The molecule has 90 heavy (non-hydrogen) atoms. The number of hydrogen-bond donors (Lipinski definition) is 11. The van der Waals surface area contributed by atoms with E-state index in [1.54, 1.807) is 36.7 Å². The summed E-state index contributed by atoms with van der Waals surface area (Å²) in [5.41, 5.74) is 8.61. The Labute approximate surface area is 525 Å². The zero-order chi connectivity index (χ0) is 63.9. The number of carbonyl (C=O) groups is 9. The monoisotopic (exact) mass is 1260 g/mol. The van der Waals surface area contributed by atoms with Crippen molar-refractivity contribution >= 4 is 75.7 Å². The van der Waals surface area contributed by atoms with Crippen molar-refractivity contribution in [3.8, 4) is 11.5 Å². The molecule has 0 unspecified atom stereocenters. The number of nitrogens with one attached hydrogen (secondary N) is 8. The van der Waals surface area contributed by atoms with E-state index in [1.807, 2.05) is 36.0 Å². The number of ether oxygens (including phenoxy) is 3. The fourth-order valence-corrected chi connectivity index (χ4v) is 12.7. The highest BCUT2D eigenvalue weighted by Crippen LogP contribution is 2.33. The van der Waals surface area contributed by atoms with E-state index >= 15 is 0 Å². The van der Waals surface area contributed by atoms with E-state index in [1.165, 1.54) is 35.9 Å². The number of Topliss-reactive ketones (excluding diaryl/α,β-unsaturated/α-hetero) is 2. The minimum Gasteiger partial charge on any atom is -0.508 e. The lowest BCUT2D eigenvalue weighted by atomic mass is 9.91. The molecule has 8 amide bonds. The first-order valence-electron chi connectivity index (χ1n) is 30.7. The maximum atomic E-state index is 14.9. The first-order valence-corrected chi connectivity index (χ1v) is 31.8. The van der Waals surface area contributed by atoms with Crippen LogP contribution in [0.25, 0.3) is 10.9 Å². The second kappa shape index (κ2) is 34.0. The van der Waals surface area contributed by atoms with Crippen LogP contribution in [0.4, 0.5) is 4.79 Å². The van der Waals surface area contributed by atoms with Crippen molar-refractivity contribution in [2.45, 2.75) is 151 Å². The number of aromatic nitrogens is 4. The molecule has 2 fully saturated rings. The van der Waals surface area contributed by atoms with Crippen molar-refractivity contribution in [1.29, 1.82) is 0 Å². The molecular weight excluding hydrogens is 1180 g/mol. The molecule has 26 nitrogen and oxygen atoms in total. The van der Waals surface area contributed by atoms with Gasteiger partial charge in [0.2, 0.25) is 35.4 Å². The molecule has 12 N–H and O–H groups in total. The van der Waals surface area contributed by atoms with Gasteiger partial charge in [0.25, 0.3) is 0 Å². The lowest BCUT2D eigenvalue weighted by Crippen LogP contribution is -2.59. The third-order valence-electron chi connectivity index (χ3n) is 16.1. The van der Waals surface area contributed by atoms with Crippen molar-refractivity contribution in [3.63, 3.8) is 0 Å². The first kappa shape index (κ1) is 67.5. The van der Waals surface area contributed by atoms with Gasteiger partial charge in [0.1, 0.15) is 48.1 Å². The van der Waals surface area contributed by atoms with Crippen molar-refractivity contribution in [2.75, 3.05) is 45.4 Å². The molecule has 0 saturated carbocycles. The standard InChI is InChI=1S/C63H82N12O14S/c1-38-54(79)32-41(29-39-15-19-45(77)20-16-39)59(82)68-49(58(64)81)13-6-7-23-75-35-43(73-74-75)33-52(67-56(80)36-89-28-27-88-26-25-87-24-8-10-44(76)9-2-5-14-55-57-53(37-90-55)71-63(86)72-57)62(85)70-51(31-42-34-65-48-12-4-3-11-47(42)48)61(84)69-50(60(83)66-38)30-40-17-21-46(78)22-18-40/h3-4,11-12,15-22,34-35,38,41,49-53,55,57,65,77-78H,2,5-10,13-14,23-33,36-37H2,1H3,(H2,64,81)(H,66,83)(H,67,80)(H,68,82)(H,69,84)(H,70,85)(H2,71,72,86)/t38-,41+,49+,50-,51-,52+,53-,55-,57-/m1/s1. The lowest BCUT2D eigenvalue weighted by Gasteiger charge is -2.26. The van der Waals surface area contributed by atoms with Crippen molar-refractivity contribution < 1.29 is 67.6 Å². The number of unbranched alkanes of at least 4 members (excludes halogenated alkanes) is 1. The third kappa shape index (κ3) is 20.8. The molecule has 0 aliphatic carbocycles. The third-order valence-corrected chi connectivity index (χ3v) is 17.6. The van der Waals surface area contributed by atoms with Crippen LogP contribution in [0.2, 0.25) is 0 Å². The molecule has 0 radical (unpaired) electrons. The summed E-state index contributed by atoms with van der Waals surface area (Å²) < 4.78 is 18.5. The summed E-state index contributed by atoms with van der Waals surface area (Å²) in [6.07, 6.45) is 7.67. The number of aromatic amines is 1. The van der Waals surface area contributed by atoms with E-state index in [0.29, 0.717) is 72.9 Å². The zero-order valence-corrected chi connectivity index (χ0v) is 51.3. The maximum Gasteiger partial charge on any atom is 0.315 e. The summed E-state index contributed by atoms with van der Waals surface area (Å²) in [7, 11) is 0. The maximum absolute atomic E-state index is 14.9. The number of ketones is 2. The van der Waals surface area contributed by atoms with Crippen molar-refractivity contribution in [2.24, 2.45) is 11.7 Å². The molecule has 8 rings (SSSR count). The number of rotatable bonds is 25. The average Bonchev–Trinajstić information content (AvgIpc) is 3.58. The molecule has 2 bridgehead atoms. The zero-order valence-electron chi connectivity index (χ0n) is 50.5. The number of carbonyl (C=O) groups excluding carboxylic acids is 9. The van der Waals surface area contributed by atoms with Crippen LogP contribution in [-0.2, 0) is 84.8 Å². The Morgan fingerprint density at radius 3 is 2.12 bits per heavy atom. The number of urea groups is 1. The Balaban J connectivity index is 0.912. The number of H-pyrrole nitrogens is 1. The number of nitrogens with zero attached hydrogens (tertiary/aromatic N) is 3. The van der Waals surface area contributed by atoms with E-state index in [4.69, 9.17) is 19.9 Å². The van der Waals surface area contributed by atoms with Crippen LogP contribution in [0.3, 0.4) is 0 Å². The van der Waals surface area contributed by atoms with Crippen LogP contribution < -0.4 is 43.0 Å². The predicted molar refractivity (Wildman–Crippen MR) is 331 cm³/mol. The van der Waals surface area contributed by atoms with Gasteiger partial charge in [-0.25, -0.2) is 4.79 Å². The molecule has 2 aromatic heterocycles. The van der Waals surface area contributed by atoms with Gasteiger partial charge < -0.3 is 72.4 Å². The topological polar surface area (TPSA) is 379 Å². The lowest BCUT2D eigenvalue weighted by molar-refractivity contribution is -0.135. The summed E-state index contributed by atoms with van der Waals surface area (Å²) in [4.78, 5) is 126. The van der Waals surface area contributed by atoms with Crippen LogP contribution in [0.5, 0.6) is 11.5 Å². The number of aromatic hydroxyl groups is 2. The van der Waals surface area contributed by atoms with Gasteiger partial charge in [0.15, 0.2) is 5.78 Å². The number of benzene rings is 3. The van der Waals surface area contributed by atoms with Crippen molar-refractivity contribution in [1.82, 2.24) is 57.2 Å². The number of primary amides is 1. The van der Waals surface area contributed by atoms with E-state index in [9.17, 15) is 53.4 Å². The smallest absolute Gasteiger partial charge is 0.315 e. The molecule has 27 heteroatoms. The summed E-state index contributed by atoms with van der Waals surface area (Å²) in [6, 6.07) is 13.2. The molecule has 484 valence electrons. The minimum absolute atomic E-state index is 0.00951. The molecule has 5 aromatic rings. The van der Waals surface area contributed by atoms with Crippen LogP contribution in [0, 0.1) is 5.92 Å². The Hall–Kier alpha value is -8.40. The van der Waals surface area contributed by atoms with Gasteiger partial charge in [-0.3, -0.25) is 43.0 Å². The molecule has 0 spiro atoms. The van der Waals surface area contributed by atoms with Gasteiger partial charge in [-0.1, -0.05) is 54.1 Å². The van der Waals surface area contributed by atoms with Gasteiger partial charge in [-0.05, 0) is 98.9 Å². The minimum atomic E-state index is -1.39. The number of phenols is 2. The van der Waals surface area contributed by atoms with E-state index in [0.717, 1.165) is 35.9 Å². The van der Waals surface area contributed by atoms with Gasteiger partial charge in [0.05, 0.1) is 50.2 Å². The van der Waals surface area contributed by atoms with Crippen LogP contribution >= 0.6 is 11.8 Å². The number of aryl methyl sites for hydroxylation is 1. The highest BCUT2D eigenvalue weighted by Gasteiger charge is 2.42. The number of phenolic OH excluding ortho intramolecular Hbond substituents is 2. The normalized spacial score (nSPS) is 23.1. The molecular formula is C63H82N12O14S. The highest BCUT2D eigenvalue weighted by atomic mass is 32.2. The summed E-state index contributed by atoms with van der Waals surface area (Å²) >= 11 is 1.87. The average molecular weight is 1260 g/mol. The van der Waals surface area contributed by atoms with Crippen LogP contribution in [-0.4, -0.2) is 176 Å². The first-order chi connectivity index (χ1) is 43.4. The summed E-state index contributed by atoms with van der Waals surface area (Å²) in [5.74, 6) is -5.05. The summed E-state index contributed by atoms with van der Waals surface area (Å²) in [5, 5.41) is 49.5. The van der Waals surface area contributed by atoms with E-state index < -0.39 is 90.4 Å². The number of fused-ring (bicyclic) bond motifs is 4. The Morgan fingerprint density at radius 2 is 1.38 bits per heavy atom. The Kier molecular flexibility index (Phi) is 25.5. The predicted octanol–water partition coefficient (Wildman–Crippen LogP) is 2.25.